The number of rotatable bonds is 6. The Bertz CT molecular complexity index is 786. The van der Waals surface area contributed by atoms with Crippen LogP contribution in [0.5, 0.6) is 5.75 Å². The molecule has 0 saturated carbocycles. The summed E-state index contributed by atoms with van der Waals surface area (Å²) in [6.45, 7) is 3.64. The van der Waals surface area contributed by atoms with Gasteiger partial charge in [0, 0.05) is 42.4 Å². The normalized spacial score (nSPS) is 17.5. The summed E-state index contributed by atoms with van der Waals surface area (Å²) in [6, 6.07) is 13.7. The molecule has 0 radical (unpaired) electrons. The van der Waals surface area contributed by atoms with E-state index in [1.807, 2.05) is 18.2 Å². The van der Waals surface area contributed by atoms with E-state index in [4.69, 9.17) is 15.2 Å². The first-order valence-electron chi connectivity index (χ1n) is 8.86. The van der Waals surface area contributed by atoms with Crippen LogP contribution in [0.2, 0.25) is 0 Å². The molecule has 6 nitrogen and oxygen atoms in total. The van der Waals surface area contributed by atoms with Crippen molar-refractivity contribution in [3.8, 4) is 5.75 Å². The maximum atomic E-state index is 12.6. The highest BCUT2D eigenvalue weighted by Crippen LogP contribution is 2.29. The Balaban J connectivity index is 1.56. The highest BCUT2D eigenvalue weighted by atomic mass is 79.9. The first-order chi connectivity index (χ1) is 13.1. The summed E-state index contributed by atoms with van der Waals surface area (Å²) < 4.78 is 11.8. The van der Waals surface area contributed by atoms with Gasteiger partial charge in [0.25, 0.3) is 5.91 Å². The van der Waals surface area contributed by atoms with Gasteiger partial charge in [-0.25, -0.2) is 0 Å². The molecule has 2 aromatic rings. The number of carbonyl (C=O) groups is 1. The Labute approximate surface area is 167 Å². The predicted octanol–water partition coefficient (Wildman–Crippen LogP) is 2.67. The highest BCUT2D eigenvalue weighted by molar-refractivity contribution is 9.10. The van der Waals surface area contributed by atoms with E-state index in [1.54, 1.807) is 12.1 Å². The fraction of sp³-hybridized carbons (Fsp3) is 0.350. The lowest BCUT2D eigenvalue weighted by Gasteiger charge is -2.33. The van der Waals surface area contributed by atoms with Gasteiger partial charge in [-0.2, -0.15) is 0 Å². The molecule has 0 spiro atoms. The number of nitrogen functional groups attached to an aromatic ring is 1. The van der Waals surface area contributed by atoms with Gasteiger partial charge < -0.3 is 20.5 Å². The van der Waals surface area contributed by atoms with Gasteiger partial charge in [0.15, 0.2) is 0 Å². The Hall–Kier alpha value is -2.09. The van der Waals surface area contributed by atoms with Crippen molar-refractivity contribution in [3.05, 3.63) is 58.1 Å². The molecule has 27 heavy (non-hydrogen) atoms. The van der Waals surface area contributed by atoms with Crippen molar-refractivity contribution in [2.45, 2.75) is 12.6 Å². The van der Waals surface area contributed by atoms with Crippen molar-refractivity contribution in [2.75, 3.05) is 39.1 Å². The number of amides is 1. The Morgan fingerprint density at radius 2 is 2.15 bits per heavy atom. The number of nitrogens with two attached hydrogens (primary N) is 1. The molecule has 1 aliphatic heterocycles. The second kappa shape index (κ2) is 9.21. The Morgan fingerprint density at radius 1 is 1.37 bits per heavy atom. The maximum absolute atomic E-state index is 12.6. The van der Waals surface area contributed by atoms with E-state index in [9.17, 15) is 4.79 Å². The molecule has 1 fully saturated rings. The number of morpholine rings is 1. The number of ether oxygens (including phenoxy) is 2. The maximum Gasteiger partial charge on any atom is 0.255 e. The highest BCUT2D eigenvalue weighted by Gasteiger charge is 2.22. The summed E-state index contributed by atoms with van der Waals surface area (Å²) in [5, 5.41) is 2.94. The summed E-state index contributed by atoms with van der Waals surface area (Å²) in [7, 11) is 1.52. The molecule has 7 heteroatoms. The topological polar surface area (TPSA) is 76.8 Å². The third-order valence-corrected chi connectivity index (χ3v) is 5.21. The van der Waals surface area contributed by atoms with E-state index in [0.29, 0.717) is 34.6 Å². The zero-order valence-electron chi connectivity index (χ0n) is 15.3. The molecule has 1 heterocycles. The molecule has 144 valence electrons. The number of anilines is 1. The smallest absolute Gasteiger partial charge is 0.255 e. The van der Waals surface area contributed by atoms with E-state index >= 15 is 0 Å². The Kier molecular flexibility index (Phi) is 6.71. The van der Waals surface area contributed by atoms with Gasteiger partial charge in [0.1, 0.15) is 5.75 Å². The lowest BCUT2D eigenvalue weighted by Crippen LogP contribution is -2.47. The number of hydrogen-bond acceptors (Lipinski definition) is 5. The van der Waals surface area contributed by atoms with Crippen LogP contribution in [0.25, 0.3) is 0 Å². The molecule has 3 rings (SSSR count). The molecular formula is C20H24BrN3O3. The van der Waals surface area contributed by atoms with Gasteiger partial charge in [-0.05, 0) is 27.6 Å². The average Bonchev–Trinajstić information content (AvgIpc) is 2.69. The van der Waals surface area contributed by atoms with Crippen LogP contribution in [0.4, 0.5) is 5.69 Å². The van der Waals surface area contributed by atoms with Crippen LogP contribution in [0.15, 0.2) is 46.9 Å². The summed E-state index contributed by atoms with van der Waals surface area (Å²) in [4.78, 5) is 14.9. The minimum absolute atomic E-state index is 0.0466. The molecule has 1 unspecified atom stereocenters. The van der Waals surface area contributed by atoms with E-state index in [2.05, 4.69) is 38.3 Å². The van der Waals surface area contributed by atoms with E-state index in [0.717, 1.165) is 19.6 Å². The quantitative estimate of drug-likeness (QED) is 0.684. The van der Waals surface area contributed by atoms with Crippen molar-refractivity contribution in [1.29, 1.82) is 0 Å². The van der Waals surface area contributed by atoms with E-state index < -0.39 is 0 Å². The molecule has 1 amide bonds. The van der Waals surface area contributed by atoms with Crippen molar-refractivity contribution in [3.63, 3.8) is 0 Å². The van der Waals surface area contributed by atoms with E-state index in [-0.39, 0.29) is 12.0 Å². The molecule has 1 aliphatic rings. The first kappa shape index (κ1) is 19.7. The van der Waals surface area contributed by atoms with Crippen LogP contribution in [0.1, 0.15) is 15.9 Å². The number of methoxy groups -OCH3 is 1. The summed E-state index contributed by atoms with van der Waals surface area (Å²) in [5.41, 5.74) is 8.09. The molecule has 0 aromatic heterocycles. The molecular weight excluding hydrogens is 410 g/mol. The van der Waals surface area contributed by atoms with Crippen LogP contribution < -0.4 is 15.8 Å². The Morgan fingerprint density at radius 3 is 2.89 bits per heavy atom. The van der Waals surface area contributed by atoms with Crippen molar-refractivity contribution >= 4 is 27.5 Å². The second-order valence-corrected chi connectivity index (χ2v) is 7.35. The van der Waals surface area contributed by atoms with Crippen LogP contribution in [0, 0.1) is 0 Å². The zero-order valence-corrected chi connectivity index (χ0v) is 16.9. The summed E-state index contributed by atoms with van der Waals surface area (Å²) in [6.07, 6.45) is -0.0466. The fourth-order valence-electron chi connectivity index (χ4n) is 3.11. The average molecular weight is 434 g/mol. The molecule has 0 aliphatic carbocycles. The molecule has 1 saturated heterocycles. The second-order valence-electron chi connectivity index (χ2n) is 6.50. The van der Waals surface area contributed by atoms with Gasteiger partial charge >= 0.3 is 0 Å². The van der Waals surface area contributed by atoms with Gasteiger partial charge in [-0.3, -0.25) is 9.69 Å². The number of halogens is 1. The van der Waals surface area contributed by atoms with Gasteiger partial charge in [-0.15, -0.1) is 0 Å². The summed E-state index contributed by atoms with van der Waals surface area (Å²) in [5.74, 6) is 0.236. The predicted molar refractivity (Wildman–Crippen MR) is 109 cm³/mol. The van der Waals surface area contributed by atoms with Crippen molar-refractivity contribution < 1.29 is 14.3 Å². The van der Waals surface area contributed by atoms with E-state index in [1.165, 1.54) is 12.7 Å². The minimum Gasteiger partial charge on any atom is -0.496 e. The lowest BCUT2D eigenvalue weighted by molar-refractivity contribution is -0.0292. The SMILES string of the molecule is COc1cc(N)c(Br)cc1C(=O)NCC1CN(Cc2ccccc2)CCO1. The van der Waals surface area contributed by atoms with Crippen molar-refractivity contribution in [2.24, 2.45) is 0 Å². The van der Waals surface area contributed by atoms with Gasteiger partial charge in [0.05, 0.1) is 25.4 Å². The third kappa shape index (κ3) is 5.22. The molecule has 2 aromatic carbocycles. The fourth-order valence-corrected chi connectivity index (χ4v) is 3.45. The largest absolute Gasteiger partial charge is 0.496 e. The first-order valence-corrected chi connectivity index (χ1v) is 9.65. The number of nitrogens with one attached hydrogen (secondary N) is 1. The third-order valence-electron chi connectivity index (χ3n) is 4.53. The van der Waals surface area contributed by atoms with Crippen LogP contribution >= 0.6 is 15.9 Å². The number of nitrogens with zero attached hydrogens (tertiary/aromatic N) is 1. The van der Waals surface area contributed by atoms with Gasteiger partial charge in [-0.1, -0.05) is 30.3 Å². The minimum atomic E-state index is -0.212. The standard InChI is InChI=1S/C20H24BrN3O3/c1-26-19-10-18(22)17(21)9-16(19)20(25)23-11-15-13-24(7-8-27-15)12-14-5-3-2-4-6-14/h2-6,9-10,15H,7-8,11-13,22H2,1H3,(H,23,25). The number of benzene rings is 2. The van der Waals surface area contributed by atoms with Crippen LogP contribution in [0.3, 0.4) is 0 Å². The van der Waals surface area contributed by atoms with Crippen LogP contribution in [-0.2, 0) is 11.3 Å². The molecule has 3 N–H and O–H groups in total. The number of carbonyl (C=O) groups excluding carboxylic acids is 1. The molecule has 0 bridgehead atoms. The monoisotopic (exact) mass is 433 g/mol. The number of hydrogen-bond donors (Lipinski definition) is 2. The summed E-state index contributed by atoms with van der Waals surface area (Å²) >= 11 is 3.35. The van der Waals surface area contributed by atoms with Gasteiger partial charge in [0.2, 0.25) is 0 Å². The zero-order chi connectivity index (χ0) is 19.2. The van der Waals surface area contributed by atoms with Crippen LogP contribution in [-0.4, -0.2) is 50.3 Å². The lowest BCUT2D eigenvalue weighted by atomic mass is 10.1. The van der Waals surface area contributed by atoms with Crippen molar-refractivity contribution in [1.82, 2.24) is 10.2 Å². The molecule has 1 atom stereocenters.